The maximum absolute atomic E-state index is 14.7. The number of hydrogen-bond donors (Lipinski definition) is 1. The van der Waals surface area contributed by atoms with E-state index in [1.54, 1.807) is 34.6 Å². The number of esters is 2. The summed E-state index contributed by atoms with van der Waals surface area (Å²) in [4.78, 5) is 79.6. The molecule has 0 heterocycles. The van der Waals surface area contributed by atoms with Gasteiger partial charge < -0.3 is 14.6 Å². The number of rotatable bonds is 7. The Hall–Kier alpha value is -2.94. The number of ketones is 4. The third-order valence-corrected chi connectivity index (χ3v) is 11.6. The zero-order valence-electron chi connectivity index (χ0n) is 26.9. The van der Waals surface area contributed by atoms with E-state index in [1.165, 1.54) is 13.0 Å². The van der Waals surface area contributed by atoms with E-state index in [0.29, 0.717) is 23.1 Å². The molecule has 9 nitrogen and oxygen atoms in total. The average Bonchev–Trinajstić information content (AvgIpc) is 3.12. The zero-order chi connectivity index (χ0) is 32.4. The summed E-state index contributed by atoms with van der Waals surface area (Å²) in [6.45, 7) is 15.6. The molecule has 0 bridgehead atoms. The third kappa shape index (κ3) is 4.68. The molecule has 4 aliphatic rings. The van der Waals surface area contributed by atoms with Crippen LogP contribution < -0.4 is 0 Å². The van der Waals surface area contributed by atoms with Crippen LogP contribution >= 0.6 is 0 Å². The van der Waals surface area contributed by atoms with E-state index in [-0.39, 0.29) is 55.6 Å². The van der Waals surface area contributed by atoms with Crippen molar-refractivity contribution in [2.24, 2.45) is 39.4 Å². The Kier molecular flexibility index (Phi) is 8.35. The van der Waals surface area contributed by atoms with E-state index >= 15 is 0 Å². The van der Waals surface area contributed by atoms with Gasteiger partial charge in [0.15, 0.2) is 11.9 Å². The Bertz CT molecular complexity index is 1350. The summed E-state index contributed by atoms with van der Waals surface area (Å²) in [5, 5.41) is 11.8. The summed E-state index contributed by atoms with van der Waals surface area (Å²) in [5.41, 5.74) is -3.07. The molecule has 0 radical (unpaired) electrons. The Balaban J connectivity index is 1.87. The largest absolute Gasteiger partial charge is 0.466 e. The van der Waals surface area contributed by atoms with Gasteiger partial charge in [0.1, 0.15) is 11.6 Å². The molecular formula is C34H46O9. The quantitative estimate of drug-likeness (QED) is 0.336. The van der Waals surface area contributed by atoms with Gasteiger partial charge in [0, 0.05) is 48.0 Å². The zero-order valence-corrected chi connectivity index (χ0v) is 26.9. The van der Waals surface area contributed by atoms with Gasteiger partial charge in [-0.2, -0.15) is 0 Å². The van der Waals surface area contributed by atoms with Crippen LogP contribution in [0.2, 0.25) is 0 Å². The van der Waals surface area contributed by atoms with Crippen LogP contribution in [0.4, 0.5) is 0 Å². The number of hydrogen-bond acceptors (Lipinski definition) is 9. The molecule has 0 saturated heterocycles. The normalized spacial score (nSPS) is 37.7. The van der Waals surface area contributed by atoms with Crippen molar-refractivity contribution in [1.82, 2.24) is 0 Å². The fourth-order valence-corrected chi connectivity index (χ4v) is 9.13. The predicted molar refractivity (Wildman–Crippen MR) is 156 cm³/mol. The lowest BCUT2D eigenvalue weighted by Crippen LogP contribution is -2.65. The number of fused-ring (bicyclic) bond motifs is 4. The number of carbonyl (C=O) groups excluding carboxylic acids is 6. The highest BCUT2D eigenvalue weighted by Gasteiger charge is 2.74. The van der Waals surface area contributed by atoms with Crippen molar-refractivity contribution < 1.29 is 43.3 Å². The van der Waals surface area contributed by atoms with Crippen molar-refractivity contribution in [2.45, 2.75) is 107 Å². The second-order valence-electron chi connectivity index (χ2n) is 14.3. The van der Waals surface area contributed by atoms with E-state index in [2.05, 4.69) is 0 Å². The molecule has 236 valence electrons. The lowest BCUT2D eigenvalue weighted by molar-refractivity contribution is -0.174. The van der Waals surface area contributed by atoms with E-state index in [9.17, 15) is 33.9 Å². The molecule has 43 heavy (non-hydrogen) atoms. The molecule has 0 aliphatic heterocycles. The number of allylic oxidation sites excluding steroid dienone is 2. The number of carbonyl (C=O) groups is 6. The van der Waals surface area contributed by atoms with Crippen molar-refractivity contribution >= 4 is 35.1 Å². The summed E-state index contributed by atoms with van der Waals surface area (Å²) < 4.78 is 10.8. The standard InChI is InChI=1S/C34H46O9/c1-10-42-30(41)18(3)14-20(36)13-17(2)21-15-25(39)34(9)26-22(37)16-23-31(5,6)24(38)11-12-32(23,7)27(26)28(40)29(33(21,34)8)43-19(4)35/h13,18,21-23,29,37H,10-12,14-16H2,1-9H3/t18?,21-,22+,23+,29-,32+,33+,34+/m1/s1. The molecule has 0 aromatic rings. The molecule has 1 unspecified atom stereocenters. The first-order valence-electron chi connectivity index (χ1n) is 15.4. The van der Waals surface area contributed by atoms with Gasteiger partial charge in [-0.25, -0.2) is 0 Å². The Morgan fingerprint density at radius 1 is 1.05 bits per heavy atom. The highest BCUT2D eigenvalue weighted by Crippen LogP contribution is 2.70. The Morgan fingerprint density at radius 3 is 2.26 bits per heavy atom. The first kappa shape index (κ1) is 33.0. The van der Waals surface area contributed by atoms with Gasteiger partial charge in [-0.3, -0.25) is 28.8 Å². The van der Waals surface area contributed by atoms with Gasteiger partial charge >= 0.3 is 11.9 Å². The average molecular weight is 599 g/mol. The SMILES string of the molecule is CCOC(=O)C(C)CC(=O)C=C(C)[C@H]1CC(=O)[C@@]2(C)C3=C(C(=O)[C@@H](OC(C)=O)[C@]12C)[C@@]1(C)CCC(=O)C(C)(C)[C@@H]1C[C@@H]3O. The molecule has 0 spiro atoms. The minimum absolute atomic E-state index is 0.0191. The first-order chi connectivity index (χ1) is 19.8. The van der Waals surface area contributed by atoms with Gasteiger partial charge in [-0.15, -0.1) is 0 Å². The highest BCUT2D eigenvalue weighted by molar-refractivity contribution is 6.09. The van der Waals surface area contributed by atoms with Crippen LogP contribution in [-0.4, -0.2) is 59.0 Å². The van der Waals surface area contributed by atoms with E-state index in [4.69, 9.17) is 9.47 Å². The van der Waals surface area contributed by atoms with Crippen LogP contribution in [0.5, 0.6) is 0 Å². The third-order valence-electron chi connectivity index (χ3n) is 11.6. The molecular weight excluding hydrogens is 552 g/mol. The first-order valence-corrected chi connectivity index (χ1v) is 15.4. The molecule has 8 atom stereocenters. The number of Topliss-reactive ketones (excluding diaryl/α,β-unsaturated/α-hetero) is 3. The van der Waals surface area contributed by atoms with Crippen LogP contribution in [-0.2, 0) is 38.2 Å². The monoisotopic (exact) mass is 598 g/mol. The lowest BCUT2D eigenvalue weighted by Gasteiger charge is -2.61. The van der Waals surface area contributed by atoms with Crippen LogP contribution in [0.1, 0.15) is 94.4 Å². The van der Waals surface area contributed by atoms with E-state index < -0.39 is 63.4 Å². The van der Waals surface area contributed by atoms with Crippen LogP contribution in [0.15, 0.2) is 22.8 Å². The summed E-state index contributed by atoms with van der Waals surface area (Å²) >= 11 is 0. The van der Waals surface area contributed by atoms with Crippen molar-refractivity contribution in [1.29, 1.82) is 0 Å². The molecule has 2 fully saturated rings. The Morgan fingerprint density at radius 2 is 1.67 bits per heavy atom. The fraction of sp³-hybridized carbons (Fsp3) is 0.706. The molecule has 2 saturated carbocycles. The van der Waals surface area contributed by atoms with Crippen molar-refractivity contribution in [2.75, 3.05) is 6.61 Å². The number of ether oxygens (including phenoxy) is 2. The second kappa shape index (κ2) is 10.9. The molecule has 0 aromatic heterocycles. The van der Waals surface area contributed by atoms with Crippen molar-refractivity contribution in [3.63, 3.8) is 0 Å². The van der Waals surface area contributed by atoms with E-state index in [1.807, 2.05) is 20.8 Å². The predicted octanol–water partition coefficient (Wildman–Crippen LogP) is 4.28. The molecule has 4 rings (SSSR count). The summed E-state index contributed by atoms with van der Waals surface area (Å²) in [5.74, 6) is -3.72. The highest BCUT2D eigenvalue weighted by atomic mass is 16.5. The molecule has 9 heteroatoms. The van der Waals surface area contributed by atoms with Crippen molar-refractivity contribution in [3.8, 4) is 0 Å². The van der Waals surface area contributed by atoms with Gasteiger partial charge in [0.2, 0.25) is 5.78 Å². The number of aliphatic hydroxyl groups is 1. The van der Waals surface area contributed by atoms with Gasteiger partial charge in [-0.05, 0) is 57.1 Å². The summed E-state index contributed by atoms with van der Waals surface area (Å²) in [6, 6.07) is 0. The van der Waals surface area contributed by atoms with Gasteiger partial charge in [0.25, 0.3) is 0 Å². The minimum atomic E-state index is -1.38. The number of aliphatic hydroxyl groups excluding tert-OH is 1. The summed E-state index contributed by atoms with van der Waals surface area (Å²) in [7, 11) is 0. The van der Waals surface area contributed by atoms with E-state index in [0.717, 1.165) is 0 Å². The minimum Gasteiger partial charge on any atom is -0.466 e. The second-order valence-corrected chi connectivity index (χ2v) is 14.3. The Labute approximate surface area is 253 Å². The molecule has 4 aliphatic carbocycles. The topological polar surface area (TPSA) is 141 Å². The molecule has 0 aromatic carbocycles. The van der Waals surface area contributed by atoms with Crippen LogP contribution in [0, 0.1) is 39.4 Å². The van der Waals surface area contributed by atoms with Gasteiger partial charge in [0.05, 0.1) is 24.0 Å². The maximum atomic E-state index is 14.7. The summed E-state index contributed by atoms with van der Waals surface area (Å²) in [6.07, 6.45) is -0.309. The molecule has 0 amide bonds. The van der Waals surface area contributed by atoms with Crippen LogP contribution in [0.3, 0.4) is 0 Å². The fourth-order valence-electron chi connectivity index (χ4n) is 9.13. The molecule has 1 N–H and O–H groups in total. The smallest absolute Gasteiger partial charge is 0.309 e. The van der Waals surface area contributed by atoms with Crippen LogP contribution in [0.25, 0.3) is 0 Å². The lowest BCUT2D eigenvalue weighted by atomic mass is 9.42. The van der Waals surface area contributed by atoms with Gasteiger partial charge in [-0.1, -0.05) is 40.2 Å². The maximum Gasteiger partial charge on any atom is 0.309 e. The van der Waals surface area contributed by atoms with Crippen molar-refractivity contribution in [3.05, 3.63) is 22.8 Å².